The predicted octanol–water partition coefficient (Wildman–Crippen LogP) is 2.32. The minimum absolute atomic E-state index is 0.0776. The summed E-state index contributed by atoms with van der Waals surface area (Å²) in [5, 5.41) is 0. The standard InChI is InChI=1S/C12H14O3/c1-8-4-3-5-10-11(8)14-7-6-9(2)15-12(10)13/h3-5,9H,6-7H2,1-2H3. The number of esters is 1. The quantitative estimate of drug-likeness (QED) is 0.611. The summed E-state index contributed by atoms with van der Waals surface area (Å²) < 4.78 is 10.9. The third kappa shape index (κ3) is 1.96. The Kier molecular flexibility index (Phi) is 2.62. The highest BCUT2D eigenvalue weighted by Crippen LogP contribution is 2.26. The molecule has 1 aliphatic heterocycles. The van der Waals surface area contributed by atoms with Gasteiger partial charge >= 0.3 is 5.97 Å². The van der Waals surface area contributed by atoms with E-state index in [1.54, 1.807) is 6.07 Å². The van der Waals surface area contributed by atoms with Crippen molar-refractivity contribution < 1.29 is 14.3 Å². The van der Waals surface area contributed by atoms with E-state index in [1.807, 2.05) is 26.0 Å². The van der Waals surface area contributed by atoms with E-state index >= 15 is 0 Å². The smallest absolute Gasteiger partial charge is 0.342 e. The van der Waals surface area contributed by atoms with E-state index in [0.717, 1.165) is 12.0 Å². The number of carbonyl (C=O) groups is 1. The number of para-hydroxylation sites is 1. The Labute approximate surface area is 89.0 Å². The summed E-state index contributed by atoms with van der Waals surface area (Å²) in [5.74, 6) is 0.371. The molecule has 0 aromatic heterocycles. The zero-order valence-corrected chi connectivity index (χ0v) is 8.95. The Morgan fingerprint density at radius 2 is 2.20 bits per heavy atom. The van der Waals surface area contributed by atoms with Crippen molar-refractivity contribution in [2.75, 3.05) is 6.61 Å². The van der Waals surface area contributed by atoms with Crippen LogP contribution < -0.4 is 4.74 Å². The molecule has 1 unspecified atom stereocenters. The first-order valence-corrected chi connectivity index (χ1v) is 5.12. The number of hydrogen-bond acceptors (Lipinski definition) is 3. The molecule has 2 rings (SSSR count). The van der Waals surface area contributed by atoms with E-state index in [2.05, 4.69) is 0 Å². The number of carbonyl (C=O) groups excluding carboxylic acids is 1. The van der Waals surface area contributed by atoms with Gasteiger partial charge in [-0.15, -0.1) is 0 Å². The summed E-state index contributed by atoms with van der Waals surface area (Å²) in [7, 11) is 0. The topological polar surface area (TPSA) is 35.5 Å². The monoisotopic (exact) mass is 206 g/mol. The van der Waals surface area contributed by atoms with Crippen molar-refractivity contribution in [1.29, 1.82) is 0 Å². The molecule has 0 radical (unpaired) electrons. The summed E-state index contributed by atoms with van der Waals surface area (Å²) in [5.41, 5.74) is 1.50. The number of benzene rings is 1. The number of ether oxygens (including phenoxy) is 2. The second kappa shape index (κ2) is 3.93. The maximum Gasteiger partial charge on any atom is 0.342 e. The summed E-state index contributed by atoms with van der Waals surface area (Å²) >= 11 is 0. The minimum atomic E-state index is -0.291. The Hall–Kier alpha value is -1.51. The Balaban J connectivity index is 2.42. The fourth-order valence-electron chi connectivity index (χ4n) is 1.64. The molecule has 0 amide bonds. The molecule has 0 N–H and O–H groups in total. The van der Waals surface area contributed by atoms with Crippen molar-refractivity contribution in [2.24, 2.45) is 0 Å². The van der Waals surface area contributed by atoms with E-state index in [0.29, 0.717) is 17.9 Å². The van der Waals surface area contributed by atoms with Gasteiger partial charge in [0.25, 0.3) is 0 Å². The lowest BCUT2D eigenvalue weighted by molar-refractivity contribution is 0.0259. The molecule has 80 valence electrons. The van der Waals surface area contributed by atoms with Gasteiger partial charge in [-0.3, -0.25) is 0 Å². The van der Waals surface area contributed by atoms with Gasteiger partial charge in [-0.2, -0.15) is 0 Å². The van der Waals surface area contributed by atoms with Crippen LogP contribution >= 0.6 is 0 Å². The van der Waals surface area contributed by atoms with Crippen molar-refractivity contribution >= 4 is 5.97 Å². The summed E-state index contributed by atoms with van der Waals surface area (Å²) in [6, 6.07) is 5.50. The van der Waals surface area contributed by atoms with Crippen LogP contribution in [0.4, 0.5) is 0 Å². The highest BCUT2D eigenvalue weighted by atomic mass is 16.6. The fourth-order valence-corrected chi connectivity index (χ4v) is 1.64. The van der Waals surface area contributed by atoms with Crippen LogP contribution in [0.25, 0.3) is 0 Å². The van der Waals surface area contributed by atoms with E-state index in [9.17, 15) is 4.79 Å². The molecule has 1 heterocycles. The fraction of sp³-hybridized carbons (Fsp3) is 0.417. The molecule has 0 bridgehead atoms. The van der Waals surface area contributed by atoms with Gasteiger partial charge in [-0.05, 0) is 25.5 Å². The van der Waals surface area contributed by atoms with Crippen LogP contribution in [-0.2, 0) is 4.74 Å². The van der Waals surface area contributed by atoms with Gasteiger partial charge in [-0.25, -0.2) is 4.79 Å². The van der Waals surface area contributed by atoms with Crippen molar-refractivity contribution in [3.63, 3.8) is 0 Å². The van der Waals surface area contributed by atoms with E-state index in [-0.39, 0.29) is 12.1 Å². The normalized spacial score (nSPS) is 20.7. The molecule has 3 heteroatoms. The lowest BCUT2D eigenvalue weighted by Gasteiger charge is -2.20. The predicted molar refractivity (Wildman–Crippen MR) is 56.2 cm³/mol. The first-order valence-electron chi connectivity index (χ1n) is 5.12. The van der Waals surface area contributed by atoms with E-state index in [4.69, 9.17) is 9.47 Å². The van der Waals surface area contributed by atoms with Crippen LogP contribution in [0.3, 0.4) is 0 Å². The third-order valence-corrected chi connectivity index (χ3v) is 2.51. The van der Waals surface area contributed by atoms with Crippen molar-refractivity contribution in [1.82, 2.24) is 0 Å². The van der Waals surface area contributed by atoms with Crippen LogP contribution in [0.1, 0.15) is 29.3 Å². The van der Waals surface area contributed by atoms with E-state index < -0.39 is 0 Å². The molecule has 0 saturated heterocycles. The number of fused-ring (bicyclic) bond motifs is 1. The molecule has 1 aromatic rings. The highest BCUT2D eigenvalue weighted by molar-refractivity contribution is 5.93. The Bertz CT molecular complexity index is 384. The second-order valence-electron chi connectivity index (χ2n) is 3.80. The van der Waals surface area contributed by atoms with Crippen LogP contribution in [0.15, 0.2) is 18.2 Å². The van der Waals surface area contributed by atoms with Crippen molar-refractivity contribution in [2.45, 2.75) is 26.4 Å². The molecule has 3 nitrogen and oxygen atoms in total. The lowest BCUT2D eigenvalue weighted by Crippen LogP contribution is -2.22. The summed E-state index contributed by atoms with van der Waals surface area (Å²) in [6.45, 7) is 4.39. The third-order valence-electron chi connectivity index (χ3n) is 2.51. The van der Waals surface area contributed by atoms with Crippen LogP contribution in [0, 0.1) is 6.92 Å². The minimum Gasteiger partial charge on any atom is -0.492 e. The summed E-state index contributed by atoms with van der Waals surface area (Å²) in [6.07, 6.45) is 0.658. The first kappa shape index (κ1) is 10.0. The van der Waals surface area contributed by atoms with Crippen LogP contribution in [0.5, 0.6) is 5.75 Å². The van der Waals surface area contributed by atoms with Gasteiger partial charge in [0.1, 0.15) is 17.4 Å². The van der Waals surface area contributed by atoms with Gasteiger partial charge in [0.05, 0.1) is 6.61 Å². The van der Waals surface area contributed by atoms with Crippen LogP contribution in [-0.4, -0.2) is 18.7 Å². The summed E-state index contributed by atoms with van der Waals surface area (Å²) in [4.78, 5) is 11.7. The van der Waals surface area contributed by atoms with Crippen molar-refractivity contribution in [3.8, 4) is 5.75 Å². The zero-order chi connectivity index (χ0) is 10.8. The molecule has 0 fully saturated rings. The Morgan fingerprint density at radius 3 is 3.00 bits per heavy atom. The first-order chi connectivity index (χ1) is 7.18. The van der Waals surface area contributed by atoms with Crippen LogP contribution in [0.2, 0.25) is 0 Å². The molecule has 0 saturated carbocycles. The van der Waals surface area contributed by atoms with Gasteiger partial charge < -0.3 is 9.47 Å². The van der Waals surface area contributed by atoms with Gasteiger partial charge in [0.15, 0.2) is 0 Å². The van der Waals surface area contributed by atoms with E-state index in [1.165, 1.54) is 0 Å². The lowest BCUT2D eigenvalue weighted by atomic mass is 10.1. The largest absolute Gasteiger partial charge is 0.492 e. The number of hydrogen-bond donors (Lipinski definition) is 0. The average Bonchev–Trinajstić information content (AvgIpc) is 2.18. The maximum absolute atomic E-state index is 11.7. The van der Waals surface area contributed by atoms with Gasteiger partial charge in [-0.1, -0.05) is 12.1 Å². The molecule has 0 aliphatic carbocycles. The van der Waals surface area contributed by atoms with Crippen molar-refractivity contribution in [3.05, 3.63) is 29.3 Å². The molecule has 15 heavy (non-hydrogen) atoms. The maximum atomic E-state index is 11.7. The number of cyclic esters (lactones) is 1. The molecule has 1 aliphatic rings. The molecule has 1 atom stereocenters. The average molecular weight is 206 g/mol. The van der Waals surface area contributed by atoms with Gasteiger partial charge in [0, 0.05) is 6.42 Å². The molecular weight excluding hydrogens is 192 g/mol. The highest BCUT2D eigenvalue weighted by Gasteiger charge is 2.21. The zero-order valence-electron chi connectivity index (χ0n) is 8.95. The number of rotatable bonds is 0. The Morgan fingerprint density at radius 1 is 1.40 bits per heavy atom. The molecule has 0 spiro atoms. The number of aryl methyl sites for hydroxylation is 1. The van der Waals surface area contributed by atoms with Gasteiger partial charge in [0.2, 0.25) is 0 Å². The molecule has 1 aromatic carbocycles. The second-order valence-corrected chi connectivity index (χ2v) is 3.80. The molecular formula is C12H14O3. The SMILES string of the molecule is Cc1cccc2c1OCCC(C)OC2=O.